The smallest absolute Gasteiger partial charge is 0.128 e. The normalized spacial score (nSPS) is 10.8. The van der Waals surface area contributed by atoms with Gasteiger partial charge in [0, 0.05) is 130 Å². The van der Waals surface area contributed by atoms with Gasteiger partial charge in [-0.1, -0.05) is 365 Å². The van der Waals surface area contributed by atoms with E-state index in [4.69, 9.17) is 9.97 Å². The first-order valence-electron chi connectivity index (χ1n) is 48.9. The third-order valence-corrected chi connectivity index (χ3v) is 32.5. The number of hydrogen-bond acceptors (Lipinski definition) is 11. The van der Waals surface area contributed by atoms with E-state index < -0.39 is 44.2 Å². The Labute approximate surface area is 943 Å². The molecule has 0 bridgehead atoms. The summed E-state index contributed by atoms with van der Waals surface area (Å²) in [5, 5.41) is 13.0. The summed E-state index contributed by atoms with van der Waals surface area (Å²) in [6, 6.07) is 133. The van der Waals surface area contributed by atoms with Crippen LogP contribution < -0.4 is 20.7 Å². The summed E-state index contributed by atoms with van der Waals surface area (Å²) in [6.07, 6.45) is 15.2. The van der Waals surface area contributed by atoms with Crippen molar-refractivity contribution in [1.29, 1.82) is 0 Å². The van der Waals surface area contributed by atoms with Gasteiger partial charge in [-0.2, -0.15) is 0 Å². The van der Waals surface area contributed by atoms with Gasteiger partial charge in [-0.05, 0) is 149 Å². The molecule has 21 heteroatoms. The van der Waals surface area contributed by atoms with E-state index >= 15 is 0 Å². The van der Waals surface area contributed by atoms with Gasteiger partial charge in [0.15, 0.2) is 0 Å². The van der Waals surface area contributed by atoms with Crippen molar-refractivity contribution in [2.75, 3.05) is 0 Å². The fraction of sp³-hybridized carbons (Fsp3) is 0.155. The maximum atomic E-state index is 13.1. The zero-order valence-corrected chi connectivity index (χ0v) is 102. The molecule has 11 aromatic heterocycles. The van der Waals surface area contributed by atoms with E-state index in [-0.39, 0.29) is 86.0 Å². The van der Waals surface area contributed by atoms with E-state index in [1.54, 1.807) is 36.8 Å². The summed E-state index contributed by atoms with van der Waals surface area (Å²) in [4.78, 5) is 47.4. The molecular weight excluding hydrogens is 2620 g/mol. The van der Waals surface area contributed by atoms with Crippen LogP contribution in [-0.4, -0.2) is 87.1 Å². The van der Waals surface area contributed by atoms with Gasteiger partial charge >= 0.3 is 0 Å². The zero-order valence-electron chi connectivity index (χ0n) is 88.2. The second-order valence-corrected chi connectivity index (χ2v) is 60.1. The van der Waals surface area contributed by atoms with Gasteiger partial charge in [-0.15, -0.1) is 200 Å². The Morgan fingerprint density at radius 2 is 0.573 bits per heavy atom. The van der Waals surface area contributed by atoms with Crippen molar-refractivity contribution in [3.63, 3.8) is 0 Å². The van der Waals surface area contributed by atoms with E-state index in [2.05, 4.69) is 425 Å². The fourth-order valence-electron chi connectivity index (χ4n) is 16.9. The number of rotatable bonds is 14. The molecule has 0 aliphatic rings. The molecule has 0 N–H and O–H groups in total. The predicted molar refractivity (Wildman–Crippen MR) is 615 cm³/mol. The Hall–Kier alpha value is -13.0. The summed E-state index contributed by atoms with van der Waals surface area (Å²) >= 11 is 0. The quantitative estimate of drug-likeness (QED) is 0.0583. The van der Waals surface area contributed by atoms with Gasteiger partial charge in [-0.25, -0.2) is 8.78 Å². The number of aromatic nitrogens is 11. The molecule has 0 atom stereocenters. The number of pyridine rings is 11. The van der Waals surface area contributed by atoms with E-state index in [1.807, 2.05) is 125 Å². The van der Waals surface area contributed by atoms with Crippen molar-refractivity contribution < 1.29 is 89.2 Å². The molecule has 766 valence electrons. The summed E-state index contributed by atoms with van der Waals surface area (Å²) in [6.45, 7) is 44.9. The molecule has 0 fully saturated rings. The van der Waals surface area contributed by atoms with Crippen LogP contribution >= 0.6 is 0 Å². The predicted octanol–water partition coefficient (Wildman–Crippen LogP) is 30.3. The van der Waals surface area contributed by atoms with Gasteiger partial charge in [-0.3, -0.25) is 4.98 Å². The standard InChI is InChI=1S/2C24H22NSi.C19H20NSi.C17H22NSi.2C12H11N2.C11H8N.C10H5F2N2.4Ir/c2*1-26(2,3)24-17-25-23(16-22(24)19-10-5-4-6-11-19)21-14-13-18-9-7-8-12-20(18)15-21;1-14-11-18(20-13-19(14)21(2,3)4)17-10-9-15-7-5-6-8-16(15)12-17;1-12-7-13(2)9-15(8-12)16-10-14(3)17(11-18-16)19(4,5)6;2*1-9-6-7-11(10(2)14-9)12-5-3-4-8-13-12;1-2-6-10(7-3-1)11-8-4-5-9-12-11;11-9-5-4-7(10(12)14-9)8-3-1-2-6-13-8;;;;/h2*4-13,15-17H,1-3H3;5-9,11-13H,1-4H3;7-8,10-11H,1-6H3;2*3-6,8H,1-2H3;1-6,8-9H;1-3,5-6H;;;;/q8*-1;;;;. The average Bonchev–Trinajstić information content (AvgIpc) is 0.785. The number of hydrogen-bond donors (Lipinski definition) is 0. The van der Waals surface area contributed by atoms with Crippen LogP contribution in [0.1, 0.15) is 45.0 Å². The average molecular weight is 2740 g/mol. The summed E-state index contributed by atoms with van der Waals surface area (Å²) in [5.41, 5.74) is 28.8. The van der Waals surface area contributed by atoms with Crippen molar-refractivity contribution in [2.45, 2.75) is 134 Å². The van der Waals surface area contributed by atoms with E-state index in [0.29, 0.717) is 5.69 Å². The number of fused-ring (bicyclic) bond motifs is 3. The van der Waals surface area contributed by atoms with Gasteiger partial charge in [0.25, 0.3) is 0 Å². The molecule has 150 heavy (non-hydrogen) atoms. The van der Waals surface area contributed by atoms with Crippen LogP contribution in [0.3, 0.4) is 0 Å². The first-order valence-corrected chi connectivity index (χ1v) is 62.9. The molecule has 0 aliphatic carbocycles. The first kappa shape index (κ1) is 119. The molecule has 0 unspecified atom stereocenters. The molecule has 0 amide bonds. The van der Waals surface area contributed by atoms with E-state index in [9.17, 15) is 8.78 Å². The van der Waals surface area contributed by atoms with Crippen LogP contribution in [0.15, 0.2) is 371 Å². The summed E-state index contributed by atoms with van der Waals surface area (Å²) in [7, 11) is -5.62. The second-order valence-electron chi connectivity index (χ2n) is 39.9. The Balaban J connectivity index is 0.000000177. The number of aryl methyl sites for hydroxylation is 8. The molecule has 11 heterocycles. The minimum atomic E-state index is -1.50. The van der Waals surface area contributed by atoms with Crippen LogP contribution in [0.5, 0.6) is 0 Å². The van der Waals surface area contributed by atoms with Crippen molar-refractivity contribution >= 4 is 85.4 Å². The Kier molecular flexibility index (Phi) is 44.1. The molecule has 21 aromatic rings. The Morgan fingerprint density at radius 1 is 0.247 bits per heavy atom. The van der Waals surface area contributed by atoms with Gasteiger partial charge in [0.2, 0.25) is 0 Å². The minimum Gasteiger partial charge on any atom is -0.354 e. The molecule has 11 nitrogen and oxygen atoms in total. The molecular formula is C129H121F2Ir4N11Si4-8. The van der Waals surface area contributed by atoms with Gasteiger partial charge < -0.3 is 49.8 Å². The zero-order chi connectivity index (χ0) is 104. The molecule has 21 rings (SSSR count). The van der Waals surface area contributed by atoms with Crippen LogP contribution in [0.4, 0.5) is 8.78 Å². The molecule has 0 spiro atoms. The first-order chi connectivity index (χ1) is 70.0. The van der Waals surface area contributed by atoms with Crippen LogP contribution in [-0.2, 0) is 80.4 Å². The molecule has 10 aromatic carbocycles. The minimum absolute atomic E-state index is 0. The van der Waals surface area contributed by atoms with Gasteiger partial charge in [0.1, 0.15) is 11.9 Å². The van der Waals surface area contributed by atoms with Crippen molar-refractivity contribution in [2.24, 2.45) is 0 Å². The van der Waals surface area contributed by atoms with Crippen LogP contribution in [0.25, 0.3) is 145 Å². The van der Waals surface area contributed by atoms with E-state index in [0.717, 1.165) is 108 Å². The third-order valence-electron chi connectivity index (χ3n) is 24.1. The maximum absolute atomic E-state index is 13.1. The number of benzene rings is 10. The van der Waals surface area contributed by atoms with Crippen LogP contribution in [0.2, 0.25) is 78.6 Å². The molecule has 0 aliphatic heterocycles. The third kappa shape index (κ3) is 33.2. The summed E-state index contributed by atoms with van der Waals surface area (Å²) < 4.78 is 25.6. The Morgan fingerprint density at radius 3 is 0.907 bits per heavy atom. The maximum Gasteiger partial charge on any atom is 0.128 e. The van der Waals surface area contributed by atoms with Crippen molar-refractivity contribution in [3.05, 3.63) is 477 Å². The molecule has 0 saturated carbocycles. The monoisotopic (exact) mass is 2750 g/mol. The number of halogens is 2. The number of nitrogens with zero attached hydrogens (tertiary/aromatic N) is 11. The SMILES string of the molecule is C[Si](C)(C)c1cnc(-c2[c-]cc3ccccc3c2)cc1-c1ccccc1.C[Si](C)(C)c1cnc(-c2[c-]cc3ccccc3c2)cc1-c1ccccc1.Cc1[c-]c(-c2cc(C)c([Si](C)(C)C)cn2)cc(C)c1.Cc1c[c-]c(-c2ccccn2)c(C)n1.Cc1c[c-]c(-c2ccccn2)c(C)n1.Cc1cc(-c2[c-]cc3ccccc3c2)ncc1[Si](C)(C)C.Fc1c[c-]c(-c2ccccn2)c(F)n1.[Ir].[Ir].[Ir].[Ir].[c-]1ccccc1-c1ccccn1. The van der Waals surface area contributed by atoms with Crippen molar-refractivity contribution in [1.82, 2.24) is 54.8 Å². The summed E-state index contributed by atoms with van der Waals surface area (Å²) in [5.74, 6) is -1.79. The molecule has 0 saturated heterocycles. The second kappa shape index (κ2) is 55.6. The van der Waals surface area contributed by atoms with Gasteiger partial charge in [0.05, 0.1) is 32.3 Å². The Bertz CT molecular complexity index is 7530. The van der Waals surface area contributed by atoms with E-state index in [1.165, 1.54) is 104 Å². The fourth-order valence-corrected chi connectivity index (χ4v) is 23.3. The van der Waals surface area contributed by atoms with Crippen molar-refractivity contribution in [3.8, 4) is 112 Å². The van der Waals surface area contributed by atoms with Crippen LogP contribution in [0, 0.1) is 116 Å². The molecule has 4 radical (unpaired) electrons. The topological polar surface area (TPSA) is 142 Å². The largest absolute Gasteiger partial charge is 0.354 e.